The van der Waals surface area contributed by atoms with E-state index in [9.17, 15) is 0 Å². The average molecular weight is 224 g/mol. The standard InChI is InChI=1S/C9H12.C8H8/c1-8(2)9-6-4-3-5-7-9;1-2-8-6-4-3-5-7-8/h3-8H,1-2H3;2-7H,1H2. The van der Waals surface area contributed by atoms with E-state index in [1.807, 2.05) is 42.5 Å². The zero-order valence-electron chi connectivity index (χ0n) is 10.6. The molecule has 0 nitrogen and oxygen atoms in total. The van der Waals surface area contributed by atoms with E-state index in [-0.39, 0.29) is 0 Å². The van der Waals surface area contributed by atoms with Gasteiger partial charge in [0.05, 0.1) is 0 Å². The van der Waals surface area contributed by atoms with Crippen molar-refractivity contribution < 1.29 is 0 Å². The van der Waals surface area contributed by atoms with Crippen LogP contribution in [0.3, 0.4) is 0 Å². The van der Waals surface area contributed by atoms with Crippen molar-refractivity contribution >= 4 is 6.08 Å². The van der Waals surface area contributed by atoms with Crippen molar-refractivity contribution in [2.45, 2.75) is 19.8 Å². The van der Waals surface area contributed by atoms with Gasteiger partial charge in [0.25, 0.3) is 0 Å². The van der Waals surface area contributed by atoms with Crippen molar-refractivity contribution in [3.63, 3.8) is 0 Å². The summed E-state index contributed by atoms with van der Waals surface area (Å²) in [5, 5.41) is 0. The highest BCUT2D eigenvalue weighted by Gasteiger charge is 1.93. The van der Waals surface area contributed by atoms with E-state index >= 15 is 0 Å². The second-order valence-corrected chi connectivity index (χ2v) is 4.18. The van der Waals surface area contributed by atoms with Crippen molar-refractivity contribution in [2.24, 2.45) is 0 Å². The lowest BCUT2D eigenvalue weighted by Gasteiger charge is -2.01. The van der Waals surface area contributed by atoms with Gasteiger partial charge in [0, 0.05) is 0 Å². The van der Waals surface area contributed by atoms with Crippen LogP contribution in [0.4, 0.5) is 0 Å². The highest BCUT2D eigenvalue weighted by molar-refractivity contribution is 5.45. The van der Waals surface area contributed by atoms with Crippen molar-refractivity contribution in [1.29, 1.82) is 0 Å². The third-order valence-electron chi connectivity index (χ3n) is 2.50. The molecule has 0 radical (unpaired) electrons. The van der Waals surface area contributed by atoms with Crippen LogP contribution in [0, 0.1) is 0 Å². The van der Waals surface area contributed by atoms with Gasteiger partial charge in [-0.15, -0.1) is 0 Å². The van der Waals surface area contributed by atoms with Crippen LogP contribution in [-0.2, 0) is 0 Å². The van der Waals surface area contributed by atoms with Crippen LogP contribution in [0.15, 0.2) is 67.2 Å². The summed E-state index contributed by atoms with van der Waals surface area (Å²) in [6.45, 7) is 8.04. The molecule has 0 aliphatic rings. The fourth-order valence-electron chi connectivity index (χ4n) is 1.43. The van der Waals surface area contributed by atoms with Gasteiger partial charge in [0.15, 0.2) is 0 Å². The van der Waals surface area contributed by atoms with Gasteiger partial charge in [-0.1, -0.05) is 87.2 Å². The lowest BCUT2D eigenvalue weighted by molar-refractivity contribution is 0.867. The van der Waals surface area contributed by atoms with Gasteiger partial charge in [-0.25, -0.2) is 0 Å². The monoisotopic (exact) mass is 224 g/mol. The van der Waals surface area contributed by atoms with Crippen LogP contribution in [0.25, 0.3) is 6.08 Å². The Morgan fingerprint density at radius 2 is 1.29 bits per heavy atom. The summed E-state index contributed by atoms with van der Waals surface area (Å²) >= 11 is 0. The molecule has 0 aromatic heterocycles. The van der Waals surface area contributed by atoms with Crippen LogP contribution in [-0.4, -0.2) is 0 Å². The molecule has 2 aromatic rings. The van der Waals surface area contributed by atoms with Crippen LogP contribution >= 0.6 is 0 Å². The first-order valence-corrected chi connectivity index (χ1v) is 5.96. The zero-order valence-corrected chi connectivity index (χ0v) is 10.6. The van der Waals surface area contributed by atoms with E-state index in [1.165, 1.54) is 11.1 Å². The lowest BCUT2D eigenvalue weighted by Crippen LogP contribution is -1.83. The molecule has 0 saturated heterocycles. The molecule has 0 heteroatoms. The molecule has 2 aromatic carbocycles. The SMILES string of the molecule is C=Cc1ccccc1.CC(C)c1ccccc1. The van der Waals surface area contributed by atoms with Gasteiger partial charge in [-0.05, 0) is 17.0 Å². The van der Waals surface area contributed by atoms with E-state index in [2.05, 4.69) is 44.7 Å². The summed E-state index contributed by atoms with van der Waals surface area (Å²) in [5.74, 6) is 0.659. The largest absolute Gasteiger partial charge is 0.0985 e. The highest BCUT2D eigenvalue weighted by atomic mass is 14.0. The summed E-state index contributed by atoms with van der Waals surface area (Å²) in [6, 6.07) is 20.5. The molecule has 0 atom stereocenters. The molecule has 0 amide bonds. The average Bonchev–Trinajstić information content (AvgIpc) is 2.41. The minimum Gasteiger partial charge on any atom is -0.0985 e. The molecule has 0 spiro atoms. The molecule has 0 bridgehead atoms. The minimum atomic E-state index is 0.659. The van der Waals surface area contributed by atoms with Crippen LogP contribution < -0.4 is 0 Å². The maximum Gasteiger partial charge on any atom is -0.0219 e. The topological polar surface area (TPSA) is 0 Å². The van der Waals surface area contributed by atoms with Gasteiger partial charge < -0.3 is 0 Å². The third-order valence-corrected chi connectivity index (χ3v) is 2.50. The zero-order chi connectivity index (χ0) is 12.5. The lowest BCUT2D eigenvalue weighted by atomic mass is 10.0. The van der Waals surface area contributed by atoms with Gasteiger partial charge in [-0.2, -0.15) is 0 Å². The summed E-state index contributed by atoms with van der Waals surface area (Å²) < 4.78 is 0. The number of benzene rings is 2. The second-order valence-electron chi connectivity index (χ2n) is 4.18. The first-order chi connectivity index (χ1) is 8.24. The van der Waals surface area contributed by atoms with E-state index in [4.69, 9.17) is 0 Å². The van der Waals surface area contributed by atoms with Gasteiger partial charge in [-0.3, -0.25) is 0 Å². The quantitative estimate of drug-likeness (QED) is 0.662. The fourth-order valence-corrected chi connectivity index (χ4v) is 1.43. The van der Waals surface area contributed by atoms with Crippen molar-refractivity contribution in [1.82, 2.24) is 0 Å². The van der Waals surface area contributed by atoms with Gasteiger partial charge in [0.1, 0.15) is 0 Å². The van der Waals surface area contributed by atoms with Crippen molar-refractivity contribution in [2.75, 3.05) is 0 Å². The van der Waals surface area contributed by atoms with Crippen LogP contribution in [0.2, 0.25) is 0 Å². The van der Waals surface area contributed by atoms with Crippen molar-refractivity contribution in [3.8, 4) is 0 Å². The van der Waals surface area contributed by atoms with E-state index < -0.39 is 0 Å². The molecule has 0 saturated carbocycles. The molecule has 17 heavy (non-hydrogen) atoms. The molecule has 0 aliphatic carbocycles. The predicted molar refractivity (Wildman–Crippen MR) is 77.1 cm³/mol. The minimum absolute atomic E-state index is 0.659. The maximum absolute atomic E-state index is 3.63. The molecule has 2 rings (SSSR count). The predicted octanol–water partition coefficient (Wildman–Crippen LogP) is 5.14. The van der Waals surface area contributed by atoms with Gasteiger partial charge >= 0.3 is 0 Å². The summed E-state index contributed by atoms with van der Waals surface area (Å²) in [6.07, 6.45) is 1.83. The Kier molecular flexibility index (Phi) is 5.81. The number of hydrogen-bond acceptors (Lipinski definition) is 0. The summed E-state index contributed by atoms with van der Waals surface area (Å²) in [4.78, 5) is 0. The molecule has 0 unspecified atom stereocenters. The Balaban J connectivity index is 0.000000171. The van der Waals surface area contributed by atoms with Crippen LogP contribution in [0.1, 0.15) is 30.9 Å². The second kappa shape index (κ2) is 7.45. The third kappa shape index (κ3) is 5.17. The van der Waals surface area contributed by atoms with E-state index in [1.54, 1.807) is 0 Å². The molecular formula is C17H20. The Morgan fingerprint density at radius 1 is 0.824 bits per heavy atom. The summed E-state index contributed by atoms with van der Waals surface area (Å²) in [5.41, 5.74) is 2.59. The Bertz CT molecular complexity index is 412. The van der Waals surface area contributed by atoms with Crippen LogP contribution in [0.5, 0.6) is 0 Å². The Hall–Kier alpha value is -1.82. The normalized spacial score (nSPS) is 9.35. The molecular weight excluding hydrogens is 204 g/mol. The summed E-state index contributed by atoms with van der Waals surface area (Å²) in [7, 11) is 0. The number of hydrogen-bond donors (Lipinski definition) is 0. The van der Waals surface area contributed by atoms with Crippen molar-refractivity contribution in [3.05, 3.63) is 78.4 Å². The Morgan fingerprint density at radius 3 is 1.59 bits per heavy atom. The smallest absolute Gasteiger partial charge is 0.0219 e. The molecule has 0 aliphatic heterocycles. The Labute approximate surface area is 105 Å². The molecule has 0 N–H and O–H groups in total. The maximum atomic E-state index is 3.63. The highest BCUT2D eigenvalue weighted by Crippen LogP contribution is 2.11. The van der Waals surface area contributed by atoms with E-state index in [0.29, 0.717) is 5.92 Å². The molecule has 0 fully saturated rings. The van der Waals surface area contributed by atoms with E-state index in [0.717, 1.165) is 0 Å². The number of rotatable bonds is 2. The fraction of sp³-hybridized carbons (Fsp3) is 0.176. The van der Waals surface area contributed by atoms with Gasteiger partial charge in [0.2, 0.25) is 0 Å². The first kappa shape index (κ1) is 13.2. The molecule has 88 valence electrons. The first-order valence-electron chi connectivity index (χ1n) is 5.96. The molecule has 0 heterocycles.